The summed E-state index contributed by atoms with van der Waals surface area (Å²) < 4.78 is 8.23. The molecule has 0 amide bonds. The lowest BCUT2D eigenvalue weighted by atomic mass is 10.1. The number of rotatable bonds is 5. The molecule has 0 bridgehead atoms. The first kappa shape index (κ1) is 21.9. The van der Waals surface area contributed by atoms with Crippen LogP contribution in [0.3, 0.4) is 0 Å². The van der Waals surface area contributed by atoms with E-state index in [1.165, 1.54) is 5.56 Å². The van der Waals surface area contributed by atoms with Crippen LogP contribution in [0.4, 0.5) is 5.95 Å². The van der Waals surface area contributed by atoms with Crippen molar-refractivity contribution < 1.29 is 4.74 Å². The van der Waals surface area contributed by atoms with Gasteiger partial charge in [0.25, 0.3) is 0 Å². The normalized spacial score (nSPS) is 20.1. The lowest BCUT2D eigenvalue weighted by molar-refractivity contribution is 0.0679. The number of ether oxygens (including phenoxy) is 1. The molecule has 2 atom stereocenters. The number of nitrogens with one attached hydrogen (secondary N) is 1. The molecule has 4 aromatic rings. The molecule has 0 radical (unpaired) electrons. The summed E-state index contributed by atoms with van der Waals surface area (Å²) in [5, 5.41) is 3.47. The SMILES string of the molecule is CCCC1CNCC=CN1c1ncc(-c2ccc3nc4n(c3c2)[C@@H](c2ccccc2)COC4)cn1. The number of nitrogens with zero attached hydrogens (tertiary/aromatic N) is 5. The highest BCUT2D eigenvalue weighted by atomic mass is 16.5. The minimum absolute atomic E-state index is 0.109. The van der Waals surface area contributed by atoms with Gasteiger partial charge in [0.15, 0.2) is 0 Å². The fourth-order valence-corrected chi connectivity index (χ4v) is 5.16. The molecule has 7 heteroatoms. The summed E-state index contributed by atoms with van der Waals surface area (Å²) in [4.78, 5) is 16.6. The summed E-state index contributed by atoms with van der Waals surface area (Å²) in [5.74, 6) is 1.71. The molecule has 2 aromatic carbocycles. The molecule has 1 unspecified atom stereocenters. The molecule has 35 heavy (non-hydrogen) atoms. The van der Waals surface area contributed by atoms with Gasteiger partial charge in [0.2, 0.25) is 5.95 Å². The number of hydrogen-bond acceptors (Lipinski definition) is 6. The highest BCUT2D eigenvalue weighted by Gasteiger charge is 2.26. The van der Waals surface area contributed by atoms with Crippen molar-refractivity contribution >= 4 is 17.0 Å². The van der Waals surface area contributed by atoms with Crippen LogP contribution in [0.5, 0.6) is 0 Å². The van der Waals surface area contributed by atoms with Crippen LogP contribution in [0.25, 0.3) is 22.2 Å². The fraction of sp³-hybridized carbons (Fsp3) is 0.321. The Kier molecular flexibility index (Phi) is 6.02. The van der Waals surface area contributed by atoms with E-state index in [9.17, 15) is 0 Å². The Hall–Kier alpha value is -3.55. The Morgan fingerprint density at radius 2 is 1.91 bits per heavy atom. The number of benzene rings is 2. The smallest absolute Gasteiger partial charge is 0.229 e. The van der Waals surface area contributed by atoms with Gasteiger partial charge in [-0.2, -0.15) is 0 Å². The zero-order chi connectivity index (χ0) is 23.6. The second-order valence-electron chi connectivity index (χ2n) is 9.21. The zero-order valence-corrected chi connectivity index (χ0v) is 20.0. The number of hydrogen-bond donors (Lipinski definition) is 1. The molecule has 0 spiro atoms. The lowest BCUT2D eigenvalue weighted by Crippen LogP contribution is -2.38. The van der Waals surface area contributed by atoms with Crippen molar-refractivity contribution in [3.05, 3.63) is 84.6 Å². The van der Waals surface area contributed by atoms with Crippen molar-refractivity contribution in [2.75, 3.05) is 24.6 Å². The van der Waals surface area contributed by atoms with E-state index in [0.29, 0.717) is 19.3 Å². The molecule has 4 heterocycles. The maximum atomic E-state index is 5.90. The number of anilines is 1. The second kappa shape index (κ2) is 9.60. The molecular formula is C28H30N6O. The van der Waals surface area contributed by atoms with Crippen LogP contribution in [0, 0.1) is 0 Å². The van der Waals surface area contributed by atoms with Gasteiger partial charge in [0.05, 0.1) is 23.7 Å². The van der Waals surface area contributed by atoms with Crippen LogP contribution < -0.4 is 10.2 Å². The Balaban J connectivity index is 1.35. The molecule has 0 saturated heterocycles. The van der Waals surface area contributed by atoms with Crippen LogP contribution in [-0.2, 0) is 11.3 Å². The highest BCUT2D eigenvalue weighted by molar-refractivity contribution is 5.83. The molecule has 2 aliphatic heterocycles. The summed E-state index contributed by atoms with van der Waals surface area (Å²) >= 11 is 0. The third-order valence-corrected chi connectivity index (χ3v) is 6.89. The first-order valence-corrected chi connectivity index (χ1v) is 12.4. The van der Waals surface area contributed by atoms with Gasteiger partial charge < -0.3 is 19.5 Å². The first-order valence-electron chi connectivity index (χ1n) is 12.4. The Bertz CT molecular complexity index is 1330. The van der Waals surface area contributed by atoms with Crippen LogP contribution in [-0.4, -0.2) is 45.3 Å². The van der Waals surface area contributed by atoms with Gasteiger partial charge in [-0.05, 0) is 29.7 Å². The van der Waals surface area contributed by atoms with Gasteiger partial charge in [-0.1, -0.05) is 55.8 Å². The maximum absolute atomic E-state index is 5.90. The van der Waals surface area contributed by atoms with Crippen molar-refractivity contribution in [1.82, 2.24) is 24.8 Å². The maximum Gasteiger partial charge on any atom is 0.229 e. The average molecular weight is 467 g/mol. The van der Waals surface area contributed by atoms with Gasteiger partial charge in [-0.3, -0.25) is 0 Å². The van der Waals surface area contributed by atoms with E-state index in [1.807, 2.05) is 18.5 Å². The third-order valence-electron chi connectivity index (χ3n) is 6.89. The van der Waals surface area contributed by atoms with Gasteiger partial charge in [0, 0.05) is 43.3 Å². The molecule has 2 aromatic heterocycles. The fourth-order valence-electron chi connectivity index (χ4n) is 5.16. The molecule has 1 N–H and O–H groups in total. The number of aromatic nitrogens is 4. The highest BCUT2D eigenvalue weighted by Crippen LogP contribution is 2.33. The molecule has 178 valence electrons. The van der Waals surface area contributed by atoms with Crippen molar-refractivity contribution in [1.29, 1.82) is 0 Å². The van der Waals surface area contributed by atoms with E-state index in [-0.39, 0.29) is 6.04 Å². The zero-order valence-electron chi connectivity index (χ0n) is 20.0. The third kappa shape index (κ3) is 4.22. The molecule has 2 aliphatic rings. The summed E-state index contributed by atoms with van der Waals surface area (Å²) in [5.41, 5.74) is 5.41. The van der Waals surface area contributed by atoms with E-state index < -0.39 is 0 Å². The van der Waals surface area contributed by atoms with Crippen molar-refractivity contribution in [2.24, 2.45) is 0 Å². The van der Waals surface area contributed by atoms with Crippen LogP contribution in [0.15, 0.2) is 73.2 Å². The van der Waals surface area contributed by atoms with E-state index in [4.69, 9.17) is 19.7 Å². The van der Waals surface area contributed by atoms with Gasteiger partial charge in [-0.15, -0.1) is 0 Å². The minimum atomic E-state index is 0.109. The van der Waals surface area contributed by atoms with Crippen molar-refractivity contribution in [2.45, 2.75) is 38.5 Å². The molecule has 7 nitrogen and oxygen atoms in total. The number of imidazole rings is 1. The largest absolute Gasteiger partial charge is 0.371 e. The molecule has 0 fully saturated rings. The predicted octanol–water partition coefficient (Wildman–Crippen LogP) is 4.70. The van der Waals surface area contributed by atoms with Crippen molar-refractivity contribution in [3.63, 3.8) is 0 Å². The predicted molar refractivity (Wildman–Crippen MR) is 138 cm³/mol. The van der Waals surface area contributed by atoms with E-state index in [1.54, 1.807) is 0 Å². The minimum Gasteiger partial charge on any atom is -0.371 e. The Morgan fingerprint density at radius 3 is 2.74 bits per heavy atom. The number of fused-ring (bicyclic) bond motifs is 3. The summed E-state index contributed by atoms with van der Waals surface area (Å²) in [7, 11) is 0. The molecule has 6 rings (SSSR count). The monoisotopic (exact) mass is 466 g/mol. The van der Waals surface area contributed by atoms with Crippen LogP contribution in [0.2, 0.25) is 0 Å². The summed E-state index contributed by atoms with van der Waals surface area (Å²) in [6.45, 7) is 5.20. The van der Waals surface area contributed by atoms with Crippen molar-refractivity contribution in [3.8, 4) is 11.1 Å². The van der Waals surface area contributed by atoms with Gasteiger partial charge in [0.1, 0.15) is 12.4 Å². The molecule has 0 saturated carbocycles. The average Bonchev–Trinajstić information content (AvgIpc) is 3.13. The lowest BCUT2D eigenvalue weighted by Gasteiger charge is -2.27. The Morgan fingerprint density at radius 1 is 1.06 bits per heavy atom. The second-order valence-corrected chi connectivity index (χ2v) is 9.21. The standard InChI is InChI=1S/C28H30N6O/c1-2-7-23-17-29-12-6-13-33(23)28-30-15-22(16-31-28)21-10-11-24-25(14-21)34-26(18-35-19-27(34)32-24)20-8-4-3-5-9-20/h3-6,8-11,13-16,23,26,29H,2,7,12,17-19H2,1H3/t23?,26-/m1/s1. The van der Waals surface area contributed by atoms with Crippen LogP contribution >= 0.6 is 0 Å². The van der Waals surface area contributed by atoms with Crippen LogP contribution in [0.1, 0.15) is 37.2 Å². The quantitative estimate of drug-likeness (QED) is 0.460. The summed E-state index contributed by atoms with van der Waals surface area (Å²) in [6.07, 6.45) is 10.3. The Labute approximate surface area is 205 Å². The van der Waals surface area contributed by atoms with E-state index in [2.05, 4.69) is 76.4 Å². The van der Waals surface area contributed by atoms with E-state index in [0.717, 1.165) is 59.9 Å². The van der Waals surface area contributed by atoms with Gasteiger partial charge in [-0.25, -0.2) is 15.0 Å². The summed E-state index contributed by atoms with van der Waals surface area (Å²) in [6, 6.07) is 17.4. The molecular weight excluding hydrogens is 436 g/mol. The first-order chi connectivity index (χ1) is 17.3. The van der Waals surface area contributed by atoms with E-state index >= 15 is 0 Å². The van der Waals surface area contributed by atoms with Gasteiger partial charge >= 0.3 is 0 Å². The molecule has 0 aliphatic carbocycles. The topological polar surface area (TPSA) is 68.1 Å².